The summed E-state index contributed by atoms with van der Waals surface area (Å²) in [5, 5.41) is 0. The molecule has 0 bridgehead atoms. The molecule has 1 aromatic rings. The molecule has 2 N–H and O–H groups in total. The smallest absolute Gasteiger partial charge is 0.216 e. The second kappa shape index (κ2) is 3.92. The van der Waals surface area contributed by atoms with E-state index >= 15 is 0 Å². The predicted molar refractivity (Wildman–Crippen MR) is 58.6 cm³/mol. The van der Waals surface area contributed by atoms with Gasteiger partial charge in [0.2, 0.25) is 10.0 Å². The summed E-state index contributed by atoms with van der Waals surface area (Å²) in [7, 11) is -3.13. The maximum absolute atomic E-state index is 11.6. The first-order valence-electron chi connectivity index (χ1n) is 4.85. The molecule has 0 aromatic heterocycles. The molecule has 0 amide bonds. The number of sulfonamides is 1. The normalized spacial score (nSPS) is 25.5. The van der Waals surface area contributed by atoms with Crippen molar-refractivity contribution in [2.45, 2.75) is 12.6 Å². The summed E-state index contributed by atoms with van der Waals surface area (Å²) in [5.74, 6) is 0.0693. The molecule has 1 atom stereocenters. The molecular weight excluding hydrogens is 212 g/mol. The van der Waals surface area contributed by atoms with Crippen LogP contribution < -0.4 is 5.73 Å². The van der Waals surface area contributed by atoms with Crippen molar-refractivity contribution in [1.82, 2.24) is 4.31 Å². The largest absolute Gasteiger partial charge is 0.326 e. The van der Waals surface area contributed by atoms with Crippen molar-refractivity contribution in [1.29, 1.82) is 0 Å². The summed E-state index contributed by atoms with van der Waals surface area (Å²) < 4.78 is 24.7. The van der Waals surface area contributed by atoms with E-state index in [1.165, 1.54) is 4.31 Å². The molecule has 82 valence electrons. The third kappa shape index (κ3) is 2.37. The van der Waals surface area contributed by atoms with E-state index in [-0.39, 0.29) is 11.8 Å². The number of nitrogens with two attached hydrogens (primary N) is 1. The molecule has 0 aliphatic carbocycles. The van der Waals surface area contributed by atoms with Crippen LogP contribution in [0.3, 0.4) is 0 Å². The zero-order chi connectivity index (χ0) is 10.9. The van der Waals surface area contributed by atoms with Crippen LogP contribution in [0.5, 0.6) is 0 Å². The third-order valence-electron chi connectivity index (χ3n) is 2.46. The first-order chi connectivity index (χ1) is 7.08. The van der Waals surface area contributed by atoms with Gasteiger partial charge < -0.3 is 5.73 Å². The van der Waals surface area contributed by atoms with Crippen LogP contribution in [-0.4, -0.2) is 31.1 Å². The number of nitrogens with zero attached hydrogens (tertiary/aromatic N) is 1. The van der Waals surface area contributed by atoms with Crippen LogP contribution >= 0.6 is 0 Å². The summed E-state index contributed by atoms with van der Waals surface area (Å²) in [6.07, 6.45) is 0. The predicted octanol–water partition coefficient (Wildman–Crippen LogP) is 0.159. The Kier molecular flexibility index (Phi) is 2.77. The molecule has 1 heterocycles. The molecular formula is C10H14N2O2S. The lowest BCUT2D eigenvalue weighted by molar-refractivity contribution is 0.426. The fourth-order valence-corrected chi connectivity index (χ4v) is 3.38. The summed E-state index contributed by atoms with van der Waals surface area (Å²) in [6, 6.07) is 9.29. The van der Waals surface area contributed by atoms with Gasteiger partial charge in [0.25, 0.3) is 0 Å². The zero-order valence-electron chi connectivity index (χ0n) is 8.33. The Hall–Kier alpha value is -0.910. The van der Waals surface area contributed by atoms with Crippen molar-refractivity contribution < 1.29 is 8.42 Å². The summed E-state index contributed by atoms with van der Waals surface area (Å²) in [5.41, 5.74) is 6.63. The first kappa shape index (κ1) is 10.6. The van der Waals surface area contributed by atoms with Crippen LogP contribution in [0.2, 0.25) is 0 Å². The Balaban J connectivity index is 2.14. The van der Waals surface area contributed by atoms with Crippen molar-refractivity contribution >= 4 is 10.0 Å². The highest BCUT2D eigenvalue weighted by Crippen LogP contribution is 2.16. The summed E-state index contributed by atoms with van der Waals surface area (Å²) >= 11 is 0. The highest BCUT2D eigenvalue weighted by molar-refractivity contribution is 7.89. The molecule has 0 spiro atoms. The van der Waals surface area contributed by atoms with Gasteiger partial charge in [0, 0.05) is 19.1 Å². The molecule has 15 heavy (non-hydrogen) atoms. The number of hydrogen-bond donors (Lipinski definition) is 1. The average molecular weight is 226 g/mol. The fourth-order valence-electron chi connectivity index (χ4n) is 1.75. The number of rotatable bonds is 2. The molecule has 1 aliphatic heterocycles. The van der Waals surface area contributed by atoms with Gasteiger partial charge in [-0.25, -0.2) is 8.42 Å². The lowest BCUT2D eigenvalue weighted by atomic mass is 10.2. The van der Waals surface area contributed by atoms with Crippen LogP contribution in [0.25, 0.3) is 0 Å². The zero-order valence-corrected chi connectivity index (χ0v) is 9.15. The SMILES string of the molecule is N[C@@H]1CN(Cc2ccccc2)S(=O)(=O)C1. The van der Waals surface area contributed by atoms with Gasteiger partial charge in [-0.1, -0.05) is 30.3 Å². The van der Waals surface area contributed by atoms with Gasteiger partial charge in [0.05, 0.1) is 5.75 Å². The van der Waals surface area contributed by atoms with Gasteiger partial charge in [-0.05, 0) is 5.56 Å². The van der Waals surface area contributed by atoms with E-state index in [0.717, 1.165) is 5.56 Å². The molecule has 0 saturated carbocycles. The second-order valence-electron chi connectivity index (χ2n) is 3.82. The van der Waals surface area contributed by atoms with E-state index < -0.39 is 10.0 Å². The van der Waals surface area contributed by atoms with E-state index in [0.29, 0.717) is 13.1 Å². The van der Waals surface area contributed by atoms with Crippen molar-refractivity contribution in [3.05, 3.63) is 35.9 Å². The summed E-state index contributed by atoms with van der Waals surface area (Å²) in [4.78, 5) is 0. The van der Waals surface area contributed by atoms with E-state index in [9.17, 15) is 8.42 Å². The van der Waals surface area contributed by atoms with Crippen molar-refractivity contribution in [3.8, 4) is 0 Å². The molecule has 1 saturated heterocycles. The maximum Gasteiger partial charge on any atom is 0.216 e. The van der Waals surface area contributed by atoms with Crippen molar-refractivity contribution in [2.24, 2.45) is 5.73 Å². The Morgan fingerprint density at radius 2 is 2.00 bits per heavy atom. The highest BCUT2D eigenvalue weighted by Gasteiger charge is 2.33. The van der Waals surface area contributed by atoms with Gasteiger partial charge in [-0.3, -0.25) is 0 Å². The minimum atomic E-state index is -3.13. The topological polar surface area (TPSA) is 63.4 Å². The molecule has 4 nitrogen and oxygen atoms in total. The van der Waals surface area contributed by atoms with Crippen LogP contribution in [0, 0.1) is 0 Å². The molecule has 1 aliphatic rings. The van der Waals surface area contributed by atoms with Crippen LogP contribution in [0.15, 0.2) is 30.3 Å². The molecule has 0 unspecified atom stereocenters. The van der Waals surface area contributed by atoms with Gasteiger partial charge in [-0.2, -0.15) is 4.31 Å². The Labute approximate surface area is 89.7 Å². The number of hydrogen-bond acceptors (Lipinski definition) is 3. The van der Waals surface area contributed by atoms with Crippen LogP contribution in [0.1, 0.15) is 5.56 Å². The molecule has 2 rings (SSSR count). The Morgan fingerprint density at radius 1 is 1.33 bits per heavy atom. The molecule has 1 fully saturated rings. The Bertz CT molecular complexity index is 430. The minimum Gasteiger partial charge on any atom is -0.326 e. The molecule has 0 radical (unpaired) electrons. The quantitative estimate of drug-likeness (QED) is 0.781. The third-order valence-corrected chi connectivity index (χ3v) is 4.37. The van der Waals surface area contributed by atoms with E-state index in [1.807, 2.05) is 30.3 Å². The van der Waals surface area contributed by atoms with Crippen LogP contribution in [-0.2, 0) is 16.6 Å². The Morgan fingerprint density at radius 3 is 2.53 bits per heavy atom. The van der Waals surface area contributed by atoms with Gasteiger partial charge in [0.1, 0.15) is 0 Å². The highest BCUT2D eigenvalue weighted by atomic mass is 32.2. The minimum absolute atomic E-state index is 0.0693. The van der Waals surface area contributed by atoms with Crippen molar-refractivity contribution in [2.75, 3.05) is 12.3 Å². The monoisotopic (exact) mass is 226 g/mol. The second-order valence-corrected chi connectivity index (χ2v) is 5.83. The maximum atomic E-state index is 11.6. The molecule has 1 aromatic carbocycles. The van der Waals surface area contributed by atoms with E-state index in [1.54, 1.807) is 0 Å². The van der Waals surface area contributed by atoms with Crippen molar-refractivity contribution in [3.63, 3.8) is 0 Å². The van der Waals surface area contributed by atoms with E-state index in [2.05, 4.69) is 0 Å². The van der Waals surface area contributed by atoms with Gasteiger partial charge in [0.15, 0.2) is 0 Å². The molecule has 5 heteroatoms. The summed E-state index contributed by atoms with van der Waals surface area (Å²) in [6.45, 7) is 0.855. The average Bonchev–Trinajstić information content (AvgIpc) is 2.41. The lowest BCUT2D eigenvalue weighted by Gasteiger charge is -2.13. The van der Waals surface area contributed by atoms with Crippen LogP contribution in [0.4, 0.5) is 0 Å². The first-order valence-corrected chi connectivity index (χ1v) is 6.46. The van der Waals surface area contributed by atoms with Gasteiger partial charge in [-0.15, -0.1) is 0 Å². The van der Waals surface area contributed by atoms with E-state index in [4.69, 9.17) is 5.73 Å². The van der Waals surface area contributed by atoms with Gasteiger partial charge >= 0.3 is 0 Å². The standard InChI is InChI=1S/C10H14N2O2S/c11-10-7-12(15(13,14)8-10)6-9-4-2-1-3-5-9/h1-5,10H,6-8,11H2/t10-/m1/s1. The lowest BCUT2D eigenvalue weighted by Crippen LogP contribution is -2.27. The fraction of sp³-hybridized carbons (Fsp3) is 0.400. The number of benzene rings is 1.